The molecular weight excluding hydrogens is 480 g/mol. The van der Waals surface area contributed by atoms with Crippen LogP contribution in [-0.2, 0) is 0 Å². The van der Waals surface area contributed by atoms with E-state index in [0.717, 1.165) is 54.4 Å². The third-order valence-corrected chi connectivity index (χ3v) is 7.26. The van der Waals surface area contributed by atoms with Gasteiger partial charge >= 0.3 is 5.69 Å². The lowest BCUT2D eigenvalue weighted by molar-refractivity contribution is 0.103. The molecule has 2 aromatic heterocycles. The van der Waals surface area contributed by atoms with Gasteiger partial charge in [-0.3, -0.25) is 9.36 Å². The van der Waals surface area contributed by atoms with Crippen LogP contribution in [0.15, 0.2) is 59.5 Å². The Bertz CT molecular complexity index is 1540. The topological polar surface area (TPSA) is 100 Å². The molecule has 0 bridgehead atoms. The third kappa shape index (κ3) is 4.94. The van der Waals surface area contributed by atoms with E-state index in [1.807, 2.05) is 43.5 Å². The van der Waals surface area contributed by atoms with Gasteiger partial charge in [0.2, 0.25) is 0 Å². The maximum absolute atomic E-state index is 13.3. The Balaban J connectivity index is 1.32. The fourth-order valence-corrected chi connectivity index (χ4v) is 5.19. The van der Waals surface area contributed by atoms with Crippen LogP contribution in [0.3, 0.4) is 0 Å². The lowest BCUT2D eigenvalue weighted by Crippen LogP contribution is -2.37. The molecule has 0 spiro atoms. The van der Waals surface area contributed by atoms with Gasteiger partial charge in [-0.15, -0.1) is 0 Å². The maximum atomic E-state index is 13.3. The second-order valence-corrected chi connectivity index (χ2v) is 9.97. The molecule has 1 aliphatic heterocycles. The molecule has 1 aliphatic rings. The van der Waals surface area contributed by atoms with Crippen LogP contribution in [-0.4, -0.2) is 45.6 Å². The molecule has 0 radical (unpaired) electrons. The summed E-state index contributed by atoms with van der Waals surface area (Å²) in [6, 6.07) is 14.8. The number of imidazole rings is 1. The van der Waals surface area contributed by atoms with Gasteiger partial charge in [-0.05, 0) is 81.1 Å². The molecular formula is C30H32N4O4. The van der Waals surface area contributed by atoms with Crippen LogP contribution in [0.2, 0.25) is 0 Å². The predicted octanol–water partition coefficient (Wildman–Crippen LogP) is 4.95. The highest BCUT2D eigenvalue weighted by atomic mass is 16.5. The summed E-state index contributed by atoms with van der Waals surface area (Å²) in [5.74, 6) is 1.62. The zero-order chi connectivity index (χ0) is 27.0. The Morgan fingerprint density at radius 3 is 2.39 bits per heavy atom. The number of nitrogens with one attached hydrogen (secondary N) is 1. The number of pyridine rings is 1. The number of methoxy groups -OCH3 is 1. The first-order valence-corrected chi connectivity index (χ1v) is 12.8. The SMILES string of the molecule is COc1cccc(-c2cn(C3CCN(c4cc(C(=O)c5cc(C)c(O)c(C)c5)cc(C)n4)CC3)c(=O)[nH]2)c1. The summed E-state index contributed by atoms with van der Waals surface area (Å²) in [5.41, 5.74) is 4.78. The number of piperidine rings is 1. The number of rotatable bonds is 6. The fourth-order valence-electron chi connectivity index (χ4n) is 5.19. The average molecular weight is 513 g/mol. The maximum Gasteiger partial charge on any atom is 0.326 e. The van der Waals surface area contributed by atoms with E-state index in [1.165, 1.54) is 0 Å². The number of aromatic nitrogens is 3. The van der Waals surface area contributed by atoms with E-state index in [0.29, 0.717) is 22.3 Å². The van der Waals surface area contributed by atoms with Crippen molar-refractivity contribution in [2.24, 2.45) is 0 Å². The molecule has 2 aromatic carbocycles. The Morgan fingerprint density at radius 1 is 1.03 bits per heavy atom. The quantitative estimate of drug-likeness (QED) is 0.355. The van der Waals surface area contributed by atoms with Gasteiger partial charge in [-0.25, -0.2) is 9.78 Å². The summed E-state index contributed by atoms with van der Waals surface area (Å²) < 4.78 is 7.11. The summed E-state index contributed by atoms with van der Waals surface area (Å²) in [4.78, 5) is 35.9. The summed E-state index contributed by atoms with van der Waals surface area (Å²) in [5, 5.41) is 10.1. The van der Waals surface area contributed by atoms with E-state index < -0.39 is 0 Å². The van der Waals surface area contributed by atoms with Crippen LogP contribution in [0, 0.1) is 20.8 Å². The Kier molecular flexibility index (Phi) is 6.80. The minimum atomic E-state index is -0.123. The van der Waals surface area contributed by atoms with Gasteiger partial charge in [0.1, 0.15) is 17.3 Å². The van der Waals surface area contributed by atoms with Crippen LogP contribution in [0.4, 0.5) is 5.82 Å². The lowest BCUT2D eigenvalue weighted by Gasteiger charge is -2.33. The van der Waals surface area contributed by atoms with E-state index in [2.05, 4.69) is 9.88 Å². The second kappa shape index (κ2) is 10.2. The average Bonchev–Trinajstić information content (AvgIpc) is 3.32. The molecule has 0 aliphatic carbocycles. The van der Waals surface area contributed by atoms with Crippen molar-refractivity contribution in [1.82, 2.24) is 14.5 Å². The lowest BCUT2D eigenvalue weighted by atomic mass is 9.98. The number of carbonyl (C=O) groups excluding carboxylic acids is 1. The Hall–Kier alpha value is -4.33. The van der Waals surface area contributed by atoms with Crippen molar-refractivity contribution in [3.63, 3.8) is 0 Å². The molecule has 8 nitrogen and oxygen atoms in total. The zero-order valence-electron chi connectivity index (χ0n) is 22.1. The number of H-pyrrole nitrogens is 1. The largest absolute Gasteiger partial charge is 0.507 e. The molecule has 0 saturated carbocycles. The second-order valence-electron chi connectivity index (χ2n) is 9.97. The third-order valence-electron chi connectivity index (χ3n) is 7.26. The van der Waals surface area contributed by atoms with Gasteiger partial charge in [-0.2, -0.15) is 0 Å². The Labute approximate surface area is 221 Å². The van der Waals surface area contributed by atoms with E-state index in [-0.39, 0.29) is 23.3 Å². The molecule has 0 unspecified atom stereocenters. The molecule has 3 heterocycles. The number of ketones is 1. The van der Waals surface area contributed by atoms with E-state index >= 15 is 0 Å². The predicted molar refractivity (Wildman–Crippen MR) is 148 cm³/mol. The van der Waals surface area contributed by atoms with E-state index in [4.69, 9.17) is 9.72 Å². The minimum Gasteiger partial charge on any atom is -0.507 e. The number of phenols is 1. The molecule has 1 saturated heterocycles. The highest BCUT2D eigenvalue weighted by molar-refractivity contribution is 6.09. The number of carbonyl (C=O) groups is 1. The van der Waals surface area contributed by atoms with Crippen LogP contribution in [0.5, 0.6) is 11.5 Å². The van der Waals surface area contributed by atoms with Crippen molar-refractivity contribution < 1.29 is 14.6 Å². The highest BCUT2D eigenvalue weighted by Gasteiger charge is 2.24. The first-order chi connectivity index (χ1) is 18.2. The van der Waals surface area contributed by atoms with Crippen LogP contribution < -0.4 is 15.3 Å². The molecule has 5 rings (SSSR count). The number of hydrogen-bond acceptors (Lipinski definition) is 6. The summed E-state index contributed by atoms with van der Waals surface area (Å²) in [7, 11) is 1.62. The van der Waals surface area contributed by atoms with Gasteiger partial charge in [0, 0.05) is 47.7 Å². The van der Waals surface area contributed by atoms with E-state index in [1.54, 1.807) is 43.7 Å². The van der Waals surface area contributed by atoms with E-state index in [9.17, 15) is 14.7 Å². The number of aryl methyl sites for hydroxylation is 3. The monoisotopic (exact) mass is 512 g/mol. The zero-order valence-corrected chi connectivity index (χ0v) is 22.1. The van der Waals surface area contributed by atoms with Gasteiger partial charge in [0.05, 0.1) is 12.8 Å². The number of phenolic OH excluding ortho intramolecular Hbond substituents is 1. The van der Waals surface area contributed by atoms with Crippen molar-refractivity contribution in [1.29, 1.82) is 0 Å². The molecule has 0 atom stereocenters. The highest BCUT2D eigenvalue weighted by Crippen LogP contribution is 2.29. The smallest absolute Gasteiger partial charge is 0.326 e. The van der Waals surface area contributed by atoms with Gasteiger partial charge < -0.3 is 19.7 Å². The number of nitrogens with zero attached hydrogens (tertiary/aromatic N) is 3. The number of ether oxygens (including phenoxy) is 1. The van der Waals surface area contributed by atoms with Crippen molar-refractivity contribution in [3.8, 4) is 22.8 Å². The van der Waals surface area contributed by atoms with Gasteiger partial charge in [-0.1, -0.05) is 12.1 Å². The normalized spacial score (nSPS) is 14.1. The van der Waals surface area contributed by atoms with Gasteiger partial charge in [0.15, 0.2) is 5.78 Å². The first kappa shape index (κ1) is 25.3. The number of hydrogen-bond donors (Lipinski definition) is 2. The van der Waals surface area contributed by atoms with Crippen molar-refractivity contribution in [3.05, 3.63) is 93.2 Å². The van der Waals surface area contributed by atoms with Crippen molar-refractivity contribution in [2.75, 3.05) is 25.1 Å². The molecule has 1 fully saturated rings. The van der Waals surface area contributed by atoms with Gasteiger partial charge in [0.25, 0.3) is 0 Å². The molecule has 2 N–H and O–H groups in total. The van der Waals surface area contributed by atoms with Crippen molar-refractivity contribution in [2.45, 2.75) is 39.7 Å². The summed E-state index contributed by atoms with van der Waals surface area (Å²) >= 11 is 0. The number of aromatic hydroxyl groups is 1. The summed E-state index contributed by atoms with van der Waals surface area (Å²) in [6.45, 7) is 6.92. The number of aromatic amines is 1. The molecule has 196 valence electrons. The Morgan fingerprint density at radius 2 is 1.71 bits per heavy atom. The van der Waals surface area contributed by atoms with Crippen LogP contribution in [0.25, 0.3) is 11.3 Å². The molecule has 4 aromatic rings. The first-order valence-electron chi connectivity index (χ1n) is 12.8. The number of anilines is 1. The van der Waals surface area contributed by atoms with Crippen molar-refractivity contribution >= 4 is 11.6 Å². The molecule has 0 amide bonds. The van der Waals surface area contributed by atoms with Crippen LogP contribution >= 0.6 is 0 Å². The molecule has 38 heavy (non-hydrogen) atoms. The summed E-state index contributed by atoms with van der Waals surface area (Å²) in [6.07, 6.45) is 3.45. The van der Waals surface area contributed by atoms with Crippen LogP contribution in [0.1, 0.15) is 51.6 Å². The standard InChI is InChI=1S/C30H32N4O4/c1-18-12-22(13-19(2)28(18)35)29(36)23-14-20(3)31-27(16-23)33-10-8-24(9-11-33)34-17-26(32-30(34)37)21-6-5-7-25(15-21)38-4/h5-7,12-17,24,35H,8-11H2,1-4H3,(H,32,37). The molecule has 8 heteroatoms. The minimum absolute atomic E-state index is 0.0724. The fraction of sp³-hybridized carbons (Fsp3) is 0.300. The number of benzene rings is 2.